The van der Waals surface area contributed by atoms with Gasteiger partial charge in [0.15, 0.2) is 0 Å². The van der Waals surface area contributed by atoms with Gasteiger partial charge in [0, 0.05) is 108 Å². The Kier molecular flexibility index (Phi) is 8.68. The number of piperazine rings is 2. The molecule has 1 atom stereocenters. The van der Waals surface area contributed by atoms with Gasteiger partial charge in [0.25, 0.3) is 0 Å². The molecule has 2 aliphatic heterocycles. The first-order valence-electron chi connectivity index (χ1n) is 16.0. The highest BCUT2D eigenvalue weighted by molar-refractivity contribution is 5.81. The van der Waals surface area contributed by atoms with Crippen LogP contribution in [0, 0.1) is 0 Å². The zero-order valence-electron chi connectivity index (χ0n) is 26.6. The van der Waals surface area contributed by atoms with E-state index in [9.17, 15) is 0 Å². The van der Waals surface area contributed by atoms with Crippen LogP contribution in [-0.4, -0.2) is 112 Å². The Hall–Kier alpha value is -2.78. The lowest BCUT2D eigenvalue weighted by Crippen LogP contribution is -2.47. The van der Waals surface area contributed by atoms with Gasteiger partial charge in [-0.3, -0.25) is 14.8 Å². The number of aromatic nitrogens is 4. The minimum atomic E-state index is 0.339. The predicted molar refractivity (Wildman–Crippen MR) is 173 cm³/mol. The number of likely N-dealkylation sites (N-methyl/N-ethyl adjacent to an activating group) is 2. The number of nitrogens with zero attached hydrogens (tertiary/aromatic N) is 8. The molecule has 0 radical (unpaired) electrons. The molecule has 4 aromatic heterocycles. The molecule has 0 saturated carbocycles. The van der Waals surface area contributed by atoms with E-state index in [0.29, 0.717) is 18.0 Å². The van der Waals surface area contributed by atoms with Crippen molar-refractivity contribution in [1.29, 1.82) is 0 Å². The van der Waals surface area contributed by atoms with Crippen molar-refractivity contribution in [3.8, 4) is 0 Å². The maximum Gasteiger partial charge on any atom is 0.140 e. The summed E-state index contributed by atoms with van der Waals surface area (Å²) in [5, 5.41) is 1.29. The van der Waals surface area contributed by atoms with Gasteiger partial charge in [0.05, 0.1) is 11.0 Å². The van der Waals surface area contributed by atoms with Crippen LogP contribution in [0.25, 0.3) is 22.1 Å². The number of hydrogen-bond acceptors (Lipinski definition) is 6. The highest BCUT2D eigenvalue weighted by Crippen LogP contribution is 2.31. The van der Waals surface area contributed by atoms with Crippen molar-refractivity contribution < 1.29 is 0 Å². The highest BCUT2D eigenvalue weighted by Gasteiger charge is 2.27. The van der Waals surface area contributed by atoms with Gasteiger partial charge in [-0.2, -0.15) is 0 Å². The van der Waals surface area contributed by atoms with Gasteiger partial charge < -0.3 is 18.9 Å². The first-order chi connectivity index (χ1) is 20.3. The Labute approximate surface area is 251 Å². The van der Waals surface area contributed by atoms with Gasteiger partial charge in [-0.1, -0.05) is 13.8 Å². The van der Waals surface area contributed by atoms with Crippen LogP contribution in [-0.2, 0) is 13.0 Å². The van der Waals surface area contributed by atoms with Crippen molar-refractivity contribution in [3.63, 3.8) is 0 Å². The molecule has 4 aromatic rings. The summed E-state index contributed by atoms with van der Waals surface area (Å²) in [4.78, 5) is 20.0. The number of rotatable bonds is 9. The van der Waals surface area contributed by atoms with Crippen LogP contribution < -0.4 is 0 Å². The molecule has 1 unspecified atom stereocenters. The van der Waals surface area contributed by atoms with Gasteiger partial charge in [-0.05, 0) is 75.2 Å². The fraction of sp³-hybridized carbons (Fsp3) is 0.588. The third-order valence-corrected chi connectivity index (χ3v) is 9.68. The van der Waals surface area contributed by atoms with Crippen molar-refractivity contribution in [2.75, 3.05) is 73.0 Å². The lowest BCUT2D eigenvalue weighted by atomic mass is 10.0. The molecule has 0 N–H and O–H groups in total. The second-order valence-electron chi connectivity index (χ2n) is 13.3. The Morgan fingerprint density at radius 2 is 1.67 bits per heavy atom. The minimum absolute atomic E-state index is 0.339. The first kappa shape index (κ1) is 29.3. The summed E-state index contributed by atoms with van der Waals surface area (Å²) in [7, 11) is 4.50. The molecule has 0 amide bonds. The van der Waals surface area contributed by atoms with Crippen molar-refractivity contribution >= 4 is 22.1 Å². The van der Waals surface area contributed by atoms with Crippen LogP contribution in [0.15, 0.2) is 43.0 Å². The standard InChI is InChI=1S/C34H50N8/c1-25(2)30-23-41(34-29(30)8-7-10-35-34)19-18-40-17-14-38(6)32(24-40)28-20-31-33(36-21-28)27(22-42(31)26(3)4)9-11-39-15-12-37(5)13-16-39/h7-8,10,20-23,25-26,32H,9,11-19,24H2,1-6H3. The quantitative estimate of drug-likeness (QED) is 0.286. The molecule has 2 saturated heterocycles. The number of pyridine rings is 2. The van der Waals surface area contributed by atoms with E-state index in [1.165, 1.54) is 46.2 Å². The van der Waals surface area contributed by atoms with E-state index in [4.69, 9.17) is 9.97 Å². The average molecular weight is 571 g/mol. The van der Waals surface area contributed by atoms with Crippen LogP contribution in [0.5, 0.6) is 0 Å². The fourth-order valence-corrected chi connectivity index (χ4v) is 6.88. The molecule has 6 heterocycles. The van der Waals surface area contributed by atoms with E-state index in [1.54, 1.807) is 0 Å². The fourth-order valence-electron chi connectivity index (χ4n) is 6.88. The van der Waals surface area contributed by atoms with Crippen LogP contribution in [0.4, 0.5) is 0 Å². The summed E-state index contributed by atoms with van der Waals surface area (Å²) in [5.74, 6) is 0.491. The summed E-state index contributed by atoms with van der Waals surface area (Å²) >= 11 is 0. The monoisotopic (exact) mass is 570 g/mol. The number of fused-ring (bicyclic) bond motifs is 2. The van der Waals surface area contributed by atoms with Gasteiger partial charge in [0.2, 0.25) is 0 Å². The van der Waals surface area contributed by atoms with Gasteiger partial charge in [-0.15, -0.1) is 0 Å². The normalized spacial score (nSPS) is 20.1. The molecule has 0 spiro atoms. The predicted octanol–water partition coefficient (Wildman–Crippen LogP) is 4.87. The van der Waals surface area contributed by atoms with Gasteiger partial charge in [0.1, 0.15) is 5.65 Å². The average Bonchev–Trinajstić information content (AvgIpc) is 3.55. The summed E-state index contributed by atoms with van der Waals surface area (Å²) in [5.41, 5.74) is 7.69. The Morgan fingerprint density at radius 3 is 2.43 bits per heavy atom. The van der Waals surface area contributed by atoms with E-state index >= 15 is 0 Å². The molecular formula is C34H50N8. The van der Waals surface area contributed by atoms with E-state index in [1.807, 2.05) is 6.20 Å². The third-order valence-electron chi connectivity index (χ3n) is 9.68. The maximum atomic E-state index is 5.14. The topological polar surface area (TPSA) is 48.6 Å². The third kappa shape index (κ3) is 6.00. The smallest absolute Gasteiger partial charge is 0.140 e. The molecule has 0 aliphatic carbocycles. The van der Waals surface area contributed by atoms with E-state index in [-0.39, 0.29) is 0 Å². The second kappa shape index (κ2) is 12.4. The molecule has 6 rings (SSSR count). The van der Waals surface area contributed by atoms with Crippen LogP contribution in [0.1, 0.15) is 62.4 Å². The molecule has 42 heavy (non-hydrogen) atoms. The highest BCUT2D eigenvalue weighted by atomic mass is 15.3. The Bertz CT molecular complexity index is 1490. The molecule has 8 heteroatoms. The number of hydrogen-bond donors (Lipinski definition) is 0. The van der Waals surface area contributed by atoms with Crippen molar-refractivity contribution in [2.45, 2.75) is 58.7 Å². The Balaban J connectivity index is 1.18. The Morgan fingerprint density at radius 1 is 0.881 bits per heavy atom. The molecule has 0 aromatic carbocycles. The van der Waals surface area contributed by atoms with E-state index < -0.39 is 0 Å². The lowest BCUT2D eigenvalue weighted by molar-refractivity contribution is 0.0930. The summed E-state index contributed by atoms with van der Waals surface area (Å²) < 4.78 is 4.81. The molecule has 226 valence electrons. The van der Waals surface area contributed by atoms with E-state index in [2.05, 4.69) is 107 Å². The van der Waals surface area contributed by atoms with Gasteiger partial charge in [-0.25, -0.2) is 4.98 Å². The van der Waals surface area contributed by atoms with Crippen LogP contribution in [0.2, 0.25) is 0 Å². The van der Waals surface area contributed by atoms with Crippen LogP contribution in [0.3, 0.4) is 0 Å². The van der Waals surface area contributed by atoms with E-state index in [0.717, 1.165) is 64.4 Å². The summed E-state index contributed by atoms with van der Waals surface area (Å²) in [6.07, 6.45) is 9.85. The molecular weight excluding hydrogens is 520 g/mol. The molecule has 2 aliphatic rings. The second-order valence-corrected chi connectivity index (χ2v) is 13.3. The lowest BCUT2D eigenvalue weighted by Gasteiger charge is -2.39. The molecule has 8 nitrogen and oxygen atoms in total. The molecule has 2 fully saturated rings. The largest absolute Gasteiger partial charge is 0.343 e. The zero-order valence-corrected chi connectivity index (χ0v) is 26.6. The minimum Gasteiger partial charge on any atom is -0.343 e. The maximum absolute atomic E-state index is 5.14. The van der Waals surface area contributed by atoms with Crippen LogP contribution >= 0.6 is 0 Å². The SMILES string of the molecule is CC(C)c1cn(CCN2CCN(C)C(c3cnc4c(CCN5CCN(C)CC5)cn(C(C)C)c4c3)C2)c2ncccc12. The first-order valence-corrected chi connectivity index (χ1v) is 16.0. The molecule has 0 bridgehead atoms. The summed E-state index contributed by atoms with van der Waals surface area (Å²) in [6, 6.07) is 7.45. The summed E-state index contributed by atoms with van der Waals surface area (Å²) in [6.45, 7) is 20.0. The van der Waals surface area contributed by atoms with Gasteiger partial charge >= 0.3 is 0 Å². The van der Waals surface area contributed by atoms with Crippen molar-refractivity contribution in [1.82, 2.24) is 38.7 Å². The zero-order chi connectivity index (χ0) is 29.4. The van der Waals surface area contributed by atoms with Crippen molar-refractivity contribution in [3.05, 3.63) is 59.7 Å². The van der Waals surface area contributed by atoms with Crippen molar-refractivity contribution in [2.24, 2.45) is 0 Å².